The van der Waals surface area contributed by atoms with Gasteiger partial charge in [-0.15, -0.1) is 0 Å². The van der Waals surface area contributed by atoms with Crippen molar-refractivity contribution in [2.45, 2.75) is 174 Å². The summed E-state index contributed by atoms with van der Waals surface area (Å²) in [6.07, 6.45) is -5.12. The number of aliphatic hydroxyl groups excluding tert-OH is 1. The fourth-order valence-electron chi connectivity index (χ4n) is 12.1. The van der Waals surface area contributed by atoms with Gasteiger partial charge in [0.15, 0.2) is 5.96 Å². The fourth-order valence-corrected chi connectivity index (χ4v) is 15.4. The molecule has 48 nitrogen and oxygen atoms in total. The molecule has 0 radical (unpaired) electrons. The Bertz CT molecular complexity index is 3950. The van der Waals surface area contributed by atoms with Crippen LogP contribution in [0, 0.1) is 5.41 Å². The number of carboxylic acids is 2. The summed E-state index contributed by atoms with van der Waals surface area (Å²) in [7, 11) is 1.46. The topological polar surface area (TPSA) is 794 Å². The number of hydrogen-bond acceptors (Lipinski definition) is 30. The van der Waals surface area contributed by atoms with Gasteiger partial charge in [-0.3, -0.25) is 106 Å². The van der Waals surface area contributed by atoms with Crippen LogP contribution in [0.15, 0.2) is 24.3 Å². The zero-order valence-electron chi connectivity index (χ0n) is 64.6. The van der Waals surface area contributed by atoms with E-state index in [2.05, 4.69) is 99.7 Å². The van der Waals surface area contributed by atoms with E-state index in [1.54, 1.807) is 6.26 Å². The van der Waals surface area contributed by atoms with Gasteiger partial charge in [-0.1, -0.05) is 33.7 Å². The van der Waals surface area contributed by atoms with Gasteiger partial charge < -0.3 is 139 Å². The lowest BCUT2D eigenvalue weighted by atomic mass is 10.0. The number of primary amides is 4. The number of carboxylic acid groups (broad SMARTS) is 2. The van der Waals surface area contributed by atoms with E-state index in [0.29, 0.717) is 5.56 Å². The number of benzene rings is 1. The molecule has 664 valence electrons. The van der Waals surface area contributed by atoms with Gasteiger partial charge in [0.2, 0.25) is 112 Å². The van der Waals surface area contributed by atoms with E-state index in [9.17, 15) is 121 Å². The third-order valence-corrected chi connectivity index (χ3v) is 21.9. The number of amides is 19. The maximum atomic E-state index is 14.9. The van der Waals surface area contributed by atoms with Crippen LogP contribution < -0.4 is 109 Å². The molecule has 0 spiro atoms. The van der Waals surface area contributed by atoms with E-state index < -0.39 is 283 Å². The highest BCUT2D eigenvalue weighted by Gasteiger charge is 2.45. The highest BCUT2D eigenvalue weighted by atomic mass is 33.1. The van der Waals surface area contributed by atoms with Crippen molar-refractivity contribution in [1.82, 2.24) is 84.2 Å². The lowest BCUT2D eigenvalue weighted by molar-refractivity contribution is -0.146. The number of aliphatic carboxylic acids is 2. The number of aliphatic hydroxyl groups is 1. The zero-order valence-corrected chi connectivity index (χ0v) is 68.8. The highest BCUT2D eigenvalue weighted by Crippen LogP contribution is 2.26. The zero-order chi connectivity index (χ0) is 89.8. The number of fused-ring (bicyclic) bond motifs is 1. The Kier molecular flexibility index (Phi) is 42.7. The number of hydrogen-bond donors (Lipinski definition) is 27. The lowest BCUT2D eigenvalue weighted by Crippen LogP contribution is -2.62. The summed E-state index contributed by atoms with van der Waals surface area (Å²) in [5.41, 5.74) is 33.5. The van der Waals surface area contributed by atoms with Crippen molar-refractivity contribution in [3.8, 4) is 5.75 Å². The number of phenols is 1. The number of carbonyl (C=O) groups excluding carboxylic acids is 19. The molecule has 53 heteroatoms. The number of nitrogens with one attached hydrogen (secondary N) is 15. The van der Waals surface area contributed by atoms with Crippen molar-refractivity contribution in [2.75, 3.05) is 67.8 Å². The largest absolute Gasteiger partial charge is 0.508 e. The number of aromatic hydroxyl groups is 1. The fraction of sp³-hybridized carbons (Fsp3) is 0.582. The molecular formula is C67H101N23O25S5. The number of rotatable bonds is 40. The van der Waals surface area contributed by atoms with Gasteiger partial charge >= 0.3 is 11.9 Å². The second-order valence-corrected chi connectivity index (χ2v) is 31.6. The minimum absolute atomic E-state index is 0.00617. The monoisotopic (exact) mass is 1790 g/mol. The molecule has 1 aromatic rings. The normalized spacial score (nSPS) is 21.2. The second kappa shape index (κ2) is 50.7. The quantitative estimate of drug-likeness (QED) is 0.00954. The number of thioether (sulfide) groups is 1. The number of nitrogens with two attached hydrogens (primary N) is 6. The molecule has 3 saturated heterocycles. The average Bonchev–Trinajstić information content (AvgIpc) is 1.81. The Balaban J connectivity index is 1.70. The number of thiol groups is 2. The summed E-state index contributed by atoms with van der Waals surface area (Å²) >= 11 is 9.25. The molecule has 3 unspecified atom stereocenters. The number of likely N-dealkylation sites (tertiary alicyclic amines) is 1. The van der Waals surface area contributed by atoms with Gasteiger partial charge in [0.25, 0.3) is 0 Å². The Morgan fingerprint density at radius 1 is 0.592 bits per heavy atom. The molecule has 120 heavy (non-hydrogen) atoms. The number of phenolic OH excluding ortho intramolecular Hbond substituents is 1. The van der Waals surface area contributed by atoms with Gasteiger partial charge in [-0.25, -0.2) is 0 Å². The Morgan fingerprint density at radius 3 is 1.67 bits per heavy atom. The van der Waals surface area contributed by atoms with Gasteiger partial charge in [-0.2, -0.15) is 37.0 Å². The summed E-state index contributed by atoms with van der Waals surface area (Å²) in [6, 6.07) is -21.5. The molecule has 19 amide bonds. The van der Waals surface area contributed by atoms with Crippen molar-refractivity contribution >= 4 is 189 Å². The second-order valence-electron chi connectivity index (χ2n) is 27.3. The third-order valence-electron chi connectivity index (χ3n) is 18.1. The number of carbonyl (C=O) groups is 21. The summed E-state index contributed by atoms with van der Waals surface area (Å²) < 4.78 is 0. The number of guanidine groups is 1. The van der Waals surface area contributed by atoms with Crippen molar-refractivity contribution in [1.29, 1.82) is 5.41 Å². The minimum Gasteiger partial charge on any atom is -0.508 e. The molecule has 0 saturated carbocycles. The van der Waals surface area contributed by atoms with Crippen molar-refractivity contribution < 1.29 is 121 Å². The summed E-state index contributed by atoms with van der Waals surface area (Å²) in [5, 5.41) is 80.1. The van der Waals surface area contributed by atoms with Gasteiger partial charge in [-0.05, 0) is 74.7 Å². The number of nitrogens with zero attached hydrogens (tertiary/aromatic N) is 2. The lowest BCUT2D eigenvalue weighted by Gasteiger charge is -2.30. The van der Waals surface area contributed by atoms with Crippen LogP contribution in [0.1, 0.15) is 82.6 Å². The first kappa shape index (κ1) is 101. The molecule has 0 bridgehead atoms. The van der Waals surface area contributed by atoms with E-state index in [4.69, 9.17) is 39.8 Å². The first-order chi connectivity index (χ1) is 56.6. The average molecular weight is 1790 g/mol. The maximum absolute atomic E-state index is 14.9. The van der Waals surface area contributed by atoms with E-state index in [-0.39, 0.29) is 88.3 Å². The van der Waals surface area contributed by atoms with E-state index in [0.717, 1.165) is 43.1 Å². The standard InChI is InChI=1S/C67H101N23O25S5/c1-118-16-12-32(54(103)80-35(19-47(70)94)57(106)83-37(20-48(71)95)65(114)89-14-4-7-45(89)64(113)82-36(21-50(97)98)58(107)79-33(17-29-8-10-30(92)11-9-29)55(104)86-40(25-116)52(72)101)77-56(105)34(18-46(69)93)81-62(111)43-28-120-119-27-42(76-49(96)23-68)61(110)87-41(26-117)60(109)85-39(24-91)59(108)84-38(22-51(99)100)66(115)90-15-3-6-44(90)63(112)78-31(53(102)88-43)5-2-13-75-67(73)74/h8-11,31-45,91-92,116-117H,2-7,12-28,68H2,1H3,(H2,69,93)(H2,70,94)(H2,71,95)(H2,72,101)(H,76,96)(H,77,105)(H,78,112)(H,79,107)(H,80,103)(H,81,111)(H,82,113)(H,83,106)(H,84,108)(H,85,109)(H,86,104)(H,87,110)(H,88,102)(H,97,98)(H,99,100)(H4,73,74,75)/t31?,32-,33-,34-,35-,36-,37-,38-,39?,40-,41-,42?,43-,44-,45-/m0/s1. The molecule has 0 aromatic heterocycles. The SMILES string of the molecule is CSCC[C@H](NC(=O)[C@H](CC(N)=O)NC(=O)[C@@H]1CSSCC(NC(=O)CN)C(=O)N[C@@H](CS)C(=O)NC(CO)C(=O)N[C@@H](CC(=O)O)C(=O)N2CCC[C@H]2C(=O)NC(CCCNC(=N)N)C(=O)N1)C(=O)N[C@@H](CC(N)=O)C(=O)N[C@@H](CC(N)=O)C(=O)N1CCC[C@H]1C(=O)N[C@@H](CC(=O)O)C(=O)N[C@@H](Cc1ccc(O)cc1)C(=O)N[C@@H](CS)C(N)=O. The molecule has 4 rings (SSSR count). The van der Waals surface area contributed by atoms with Gasteiger partial charge in [0.05, 0.1) is 45.3 Å². The van der Waals surface area contributed by atoms with E-state index >= 15 is 0 Å². The Hall–Kier alpha value is -11.2. The molecule has 1 aromatic carbocycles. The van der Waals surface area contributed by atoms with Crippen molar-refractivity contribution in [3.05, 3.63) is 29.8 Å². The van der Waals surface area contributed by atoms with Gasteiger partial charge in [0, 0.05) is 49.1 Å². The van der Waals surface area contributed by atoms with Crippen LogP contribution in [-0.4, -0.2) is 319 Å². The van der Waals surface area contributed by atoms with Crippen molar-refractivity contribution in [3.63, 3.8) is 0 Å². The molecule has 3 heterocycles. The smallest absolute Gasteiger partial charge is 0.305 e. The molecule has 3 aliphatic heterocycles. The van der Waals surface area contributed by atoms with Crippen LogP contribution in [0.3, 0.4) is 0 Å². The predicted molar refractivity (Wildman–Crippen MR) is 432 cm³/mol. The molecule has 3 aliphatic rings. The third kappa shape index (κ3) is 33.6. The molecule has 0 aliphatic carbocycles. The summed E-state index contributed by atoms with van der Waals surface area (Å²) in [5.74, 6) is -28.4. The van der Waals surface area contributed by atoms with Crippen LogP contribution in [0.2, 0.25) is 0 Å². The van der Waals surface area contributed by atoms with Crippen LogP contribution in [0.5, 0.6) is 5.75 Å². The first-order valence-electron chi connectivity index (χ1n) is 36.9. The molecule has 15 atom stereocenters. The molecular weight excluding hydrogens is 1690 g/mol. The highest BCUT2D eigenvalue weighted by molar-refractivity contribution is 8.76. The first-order valence-corrected chi connectivity index (χ1v) is 42.0. The van der Waals surface area contributed by atoms with Crippen molar-refractivity contribution in [2.24, 2.45) is 34.4 Å². The van der Waals surface area contributed by atoms with Crippen LogP contribution >= 0.6 is 58.6 Å². The Morgan fingerprint density at radius 2 is 1.10 bits per heavy atom. The molecule has 3 fully saturated rings. The maximum Gasteiger partial charge on any atom is 0.305 e. The van der Waals surface area contributed by atoms with E-state index in [1.165, 1.54) is 24.3 Å². The predicted octanol–water partition coefficient (Wildman–Crippen LogP) is -12.5. The summed E-state index contributed by atoms with van der Waals surface area (Å²) in [4.78, 5) is 289. The summed E-state index contributed by atoms with van der Waals surface area (Å²) in [6.45, 7) is -2.46. The Labute approximate surface area is 707 Å². The minimum atomic E-state index is -2.10. The van der Waals surface area contributed by atoms with Crippen LogP contribution in [-0.2, 0) is 107 Å². The van der Waals surface area contributed by atoms with Crippen LogP contribution in [0.4, 0.5) is 0 Å². The van der Waals surface area contributed by atoms with Gasteiger partial charge in [0.1, 0.15) is 96.4 Å². The van der Waals surface area contributed by atoms with Crippen LogP contribution in [0.25, 0.3) is 0 Å². The van der Waals surface area contributed by atoms with E-state index in [1.807, 2.05) is 0 Å². The molecule has 31 N–H and O–H groups in total.